The van der Waals surface area contributed by atoms with Crippen LogP contribution in [0.2, 0.25) is 0 Å². The molecular weight excluding hydrogens is 256 g/mol. The van der Waals surface area contributed by atoms with E-state index in [1.54, 1.807) is 0 Å². The number of carbonyl (C=O) groups excluding carboxylic acids is 1. The molecule has 0 fully saturated rings. The van der Waals surface area contributed by atoms with Gasteiger partial charge in [-0.2, -0.15) is 0 Å². The highest BCUT2D eigenvalue weighted by Crippen LogP contribution is 2.19. The van der Waals surface area contributed by atoms with Crippen LogP contribution in [0.5, 0.6) is 0 Å². The SMILES string of the molecule is CCC(CN)C(=O)N(CCC(=O)O)c1ccc(C)cc1. The van der Waals surface area contributed by atoms with Crippen LogP contribution in [0.25, 0.3) is 0 Å². The average molecular weight is 278 g/mol. The van der Waals surface area contributed by atoms with Gasteiger partial charge in [0, 0.05) is 18.8 Å². The van der Waals surface area contributed by atoms with Gasteiger partial charge >= 0.3 is 5.97 Å². The number of carbonyl (C=O) groups is 2. The van der Waals surface area contributed by atoms with E-state index >= 15 is 0 Å². The summed E-state index contributed by atoms with van der Waals surface area (Å²) in [6, 6.07) is 7.47. The van der Waals surface area contributed by atoms with Gasteiger partial charge in [-0.05, 0) is 25.5 Å². The number of nitrogens with two attached hydrogens (primary N) is 1. The molecule has 110 valence electrons. The molecule has 1 aromatic rings. The van der Waals surface area contributed by atoms with E-state index in [1.807, 2.05) is 38.1 Å². The maximum Gasteiger partial charge on any atom is 0.305 e. The smallest absolute Gasteiger partial charge is 0.305 e. The van der Waals surface area contributed by atoms with Crippen LogP contribution in [0.15, 0.2) is 24.3 Å². The molecule has 0 aliphatic carbocycles. The van der Waals surface area contributed by atoms with E-state index in [0.717, 1.165) is 5.56 Å². The summed E-state index contributed by atoms with van der Waals surface area (Å²) in [6.07, 6.45) is 0.561. The molecular formula is C15H22N2O3. The molecule has 5 heteroatoms. The maximum absolute atomic E-state index is 12.5. The number of hydrogen-bond donors (Lipinski definition) is 2. The molecule has 0 aliphatic heterocycles. The highest BCUT2D eigenvalue weighted by atomic mass is 16.4. The molecule has 20 heavy (non-hydrogen) atoms. The topological polar surface area (TPSA) is 83.6 Å². The Morgan fingerprint density at radius 3 is 2.35 bits per heavy atom. The third-order valence-electron chi connectivity index (χ3n) is 3.29. The van der Waals surface area contributed by atoms with Gasteiger partial charge in [0.15, 0.2) is 0 Å². The number of nitrogens with zero attached hydrogens (tertiary/aromatic N) is 1. The van der Waals surface area contributed by atoms with Crippen molar-refractivity contribution in [2.45, 2.75) is 26.7 Å². The number of aliphatic carboxylic acids is 1. The first-order chi connectivity index (χ1) is 9.49. The Labute approximate surface area is 119 Å². The van der Waals surface area contributed by atoms with Gasteiger partial charge in [0.1, 0.15) is 0 Å². The minimum atomic E-state index is -0.921. The number of carboxylic acids is 1. The monoisotopic (exact) mass is 278 g/mol. The zero-order valence-electron chi connectivity index (χ0n) is 12.0. The molecule has 0 saturated heterocycles. The summed E-state index contributed by atoms with van der Waals surface area (Å²) in [4.78, 5) is 24.7. The Morgan fingerprint density at radius 2 is 1.90 bits per heavy atom. The van der Waals surface area contributed by atoms with E-state index < -0.39 is 5.97 Å². The summed E-state index contributed by atoms with van der Waals surface area (Å²) in [5.74, 6) is -1.30. The van der Waals surface area contributed by atoms with Gasteiger partial charge in [-0.15, -0.1) is 0 Å². The summed E-state index contributed by atoms with van der Waals surface area (Å²) < 4.78 is 0. The Morgan fingerprint density at radius 1 is 1.30 bits per heavy atom. The molecule has 0 aliphatic rings. The molecule has 5 nitrogen and oxygen atoms in total. The Bertz CT molecular complexity index is 453. The average Bonchev–Trinajstić information content (AvgIpc) is 2.42. The molecule has 1 aromatic carbocycles. The second-order valence-corrected chi connectivity index (χ2v) is 4.81. The molecule has 1 atom stereocenters. The van der Waals surface area contributed by atoms with Crippen molar-refractivity contribution in [3.63, 3.8) is 0 Å². The van der Waals surface area contributed by atoms with Crippen LogP contribution in [0.4, 0.5) is 5.69 Å². The molecule has 1 rings (SSSR count). The van der Waals surface area contributed by atoms with Gasteiger partial charge < -0.3 is 15.7 Å². The molecule has 0 radical (unpaired) electrons. The lowest BCUT2D eigenvalue weighted by molar-refractivity contribution is -0.136. The number of benzene rings is 1. The van der Waals surface area contributed by atoms with Gasteiger partial charge in [-0.25, -0.2) is 0 Å². The number of hydrogen-bond acceptors (Lipinski definition) is 3. The predicted octanol–water partition coefficient (Wildman–Crippen LogP) is 1.79. The first-order valence-corrected chi connectivity index (χ1v) is 6.79. The summed E-state index contributed by atoms with van der Waals surface area (Å²) in [5, 5.41) is 8.83. The zero-order valence-corrected chi connectivity index (χ0v) is 12.0. The Kier molecular flexibility index (Phi) is 6.18. The van der Waals surface area contributed by atoms with Crippen molar-refractivity contribution in [3.8, 4) is 0 Å². The molecule has 1 amide bonds. The zero-order chi connectivity index (χ0) is 15.1. The maximum atomic E-state index is 12.5. The molecule has 0 bridgehead atoms. The van der Waals surface area contributed by atoms with Crippen molar-refractivity contribution in [2.75, 3.05) is 18.0 Å². The van der Waals surface area contributed by atoms with Gasteiger partial charge in [-0.3, -0.25) is 9.59 Å². The first kappa shape index (κ1) is 16.2. The summed E-state index contributed by atoms with van der Waals surface area (Å²) >= 11 is 0. The highest BCUT2D eigenvalue weighted by Gasteiger charge is 2.23. The lowest BCUT2D eigenvalue weighted by Crippen LogP contribution is -2.40. The molecule has 0 spiro atoms. The number of anilines is 1. The Balaban J connectivity index is 2.97. The number of aryl methyl sites for hydroxylation is 1. The summed E-state index contributed by atoms with van der Waals surface area (Å²) in [5.41, 5.74) is 7.42. The minimum absolute atomic E-state index is 0.0827. The van der Waals surface area contributed by atoms with Crippen molar-refractivity contribution < 1.29 is 14.7 Å². The molecule has 1 unspecified atom stereocenters. The summed E-state index contributed by atoms with van der Waals surface area (Å²) in [7, 11) is 0. The fraction of sp³-hybridized carbons (Fsp3) is 0.467. The van der Waals surface area contributed by atoms with Crippen LogP contribution in [0.1, 0.15) is 25.3 Å². The lowest BCUT2D eigenvalue weighted by atomic mass is 10.0. The van der Waals surface area contributed by atoms with Gasteiger partial charge in [0.2, 0.25) is 5.91 Å². The third-order valence-corrected chi connectivity index (χ3v) is 3.29. The number of carboxylic acid groups (broad SMARTS) is 1. The molecule has 3 N–H and O–H groups in total. The van der Waals surface area contributed by atoms with Crippen LogP contribution in [0, 0.1) is 12.8 Å². The van der Waals surface area contributed by atoms with E-state index in [2.05, 4.69) is 0 Å². The first-order valence-electron chi connectivity index (χ1n) is 6.79. The van der Waals surface area contributed by atoms with E-state index in [9.17, 15) is 9.59 Å². The van der Waals surface area contributed by atoms with Gasteiger partial charge in [-0.1, -0.05) is 24.6 Å². The van der Waals surface area contributed by atoms with Crippen molar-refractivity contribution in [2.24, 2.45) is 11.7 Å². The van der Waals surface area contributed by atoms with E-state index in [1.165, 1.54) is 4.90 Å². The number of amides is 1. The van der Waals surface area contributed by atoms with Crippen molar-refractivity contribution in [1.82, 2.24) is 0 Å². The van der Waals surface area contributed by atoms with E-state index in [4.69, 9.17) is 10.8 Å². The molecule has 0 heterocycles. The fourth-order valence-electron chi connectivity index (χ4n) is 1.96. The van der Waals surface area contributed by atoms with Gasteiger partial charge in [0.25, 0.3) is 0 Å². The molecule has 0 aromatic heterocycles. The lowest BCUT2D eigenvalue weighted by Gasteiger charge is -2.26. The quantitative estimate of drug-likeness (QED) is 0.796. The summed E-state index contributed by atoms with van der Waals surface area (Å²) in [6.45, 7) is 4.29. The predicted molar refractivity (Wildman–Crippen MR) is 78.6 cm³/mol. The standard InChI is InChI=1S/C15H22N2O3/c1-3-12(10-16)15(20)17(9-8-14(18)19)13-6-4-11(2)5-7-13/h4-7,12H,3,8-10,16H2,1-2H3,(H,18,19). The largest absolute Gasteiger partial charge is 0.481 e. The van der Waals surface area contributed by atoms with Crippen molar-refractivity contribution in [1.29, 1.82) is 0 Å². The van der Waals surface area contributed by atoms with Crippen LogP contribution >= 0.6 is 0 Å². The van der Waals surface area contributed by atoms with Crippen LogP contribution in [-0.4, -0.2) is 30.1 Å². The van der Waals surface area contributed by atoms with Crippen molar-refractivity contribution >= 4 is 17.6 Å². The second-order valence-electron chi connectivity index (χ2n) is 4.81. The second kappa shape index (κ2) is 7.65. The molecule has 0 saturated carbocycles. The normalized spacial score (nSPS) is 11.9. The van der Waals surface area contributed by atoms with Gasteiger partial charge in [0.05, 0.1) is 12.3 Å². The van der Waals surface area contributed by atoms with Crippen LogP contribution < -0.4 is 10.6 Å². The number of rotatable bonds is 7. The van der Waals surface area contributed by atoms with E-state index in [0.29, 0.717) is 12.1 Å². The van der Waals surface area contributed by atoms with E-state index in [-0.39, 0.29) is 31.3 Å². The van der Waals surface area contributed by atoms with Crippen LogP contribution in [0.3, 0.4) is 0 Å². The van der Waals surface area contributed by atoms with Crippen LogP contribution in [-0.2, 0) is 9.59 Å². The third kappa shape index (κ3) is 4.35. The minimum Gasteiger partial charge on any atom is -0.481 e. The Hall–Kier alpha value is -1.88. The highest BCUT2D eigenvalue weighted by molar-refractivity contribution is 5.95. The van der Waals surface area contributed by atoms with Crippen molar-refractivity contribution in [3.05, 3.63) is 29.8 Å². The fourth-order valence-corrected chi connectivity index (χ4v) is 1.96.